The van der Waals surface area contributed by atoms with Gasteiger partial charge >= 0.3 is 0 Å². The van der Waals surface area contributed by atoms with Gasteiger partial charge in [-0.25, -0.2) is 30.7 Å². The van der Waals surface area contributed by atoms with Crippen LogP contribution in [0.1, 0.15) is 12.8 Å². The number of nitrogens with one attached hydrogen (secondary N) is 1. The molecule has 2 saturated heterocycles. The van der Waals surface area contributed by atoms with Crippen LogP contribution in [0.15, 0.2) is 35.2 Å². The van der Waals surface area contributed by atoms with Crippen LogP contribution in [0.25, 0.3) is 0 Å². The molecular weight excluding hydrogens is 388 g/mol. The Morgan fingerprint density at radius 3 is 2.04 bits per heavy atom. The molecule has 2 aliphatic rings. The Kier molecular flexibility index (Phi) is 4.97. The Bertz CT molecular complexity index is 942. The van der Waals surface area contributed by atoms with E-state index in [0.29, 0.717) is 6.42 Å². The van der Waals surface area contributed by atoms with E-state index in [4.69, 9.17) is 0 Å². The minimum absolute atomic E-state index is 0.00709. The van der Waals surface area contributed by atoms with Gasteiger partial charge in [-0.3, -0.25) is 0 Å². The van der Waals surface area contributed by atoms with E-state index >= 15 is 0 Å². The summed E-state index contributed by atoms with van der Waals surface area (Å²) in [4.78, 5) is 0.0349. The maximum atomic E-state index is 13.0. The third-order valence-corrected chi connectivity index (χ3v) is 9.69. The van der Waals surface area contributed by atoms with Gasteiger partial charge in [0.25, 0.3) is 10.0 Å². The summed E-state index contributed by atoms with van der Waals surface area (Å²) in [5.41, 5.74) is 2.79. The van der Waals surface area contributed by atoms with Gasteiger partial charge in [0.05, 0.1) is 33.9 Å². The van der Waals surface area contributed by atoms with Gasteiger partial charge in [-0.2, -0.15) is 0 Å². The fourth-order valence-corrected chi connectivity index (χ4v) is 8.16. The summed E-state index contributed by atoms with van der Waals surface area (Å²) in [6, 6.07) is 6.40. The number of hydrogen-bond donors (Lipinski definition) is 1. The van der Waals surface area contributed by atoms with Crippen LogP contribution in [0.5, 0.6) is 0 Å². The van der Waals surface area contributed by atoms with Crippen molar-refractivity contribution in [2.45, 2.75) is 29.8 Å². The van der Waals surface area contributed by atoms with Crippen molar-refractivity contribution < 1.29 is 25.3 Å². The summed E-state index contributed by atoms with van der Waals surface area (Å²) >= 11 is 0. The largest absolute Gasteiger partial charge is 0.256 e. The van der Waals surface area contributed by atoms with Crippen molar-refractivity contribution in [1.29, 1.82) is 0 Å². The lowest BCUT2D eigenvalue weighted by atomic mass is 10.2. The minimum Gasteiger partial charge on any atom is -0.237 e. The minimum atomic E-state index is -4.00. The summed E-state index contributed by atoms with van der Waals surface area (Å²) in [6.07, 6.45) is 0.476. The SMILES string of the molecule is O=S1(=O)CC[C@H](NN([C@@H]2CCS(=O)(=O)C2)S(=O)(=O)c2ccccc2)C1. The molecule has 0 unspecified atom stereocenters. The predicted octanol–water partition coefficient (Wildman–Crippen LogP) is -0.444. The van der Waals surface area contributed by atoms with E-state index in [1.165, 1.54) is 12.1 Å². The highest BCUT2D eigenvalue weighted by molar-refractivity contribution is 7.92. The first-order valence-corrected chi connectivity index (χ1v) is 12.9. The fraction of sp³-hybridized carbons (Fsp3) is 0.571. The van der Waals surface area contributed by atoms with Crippen molar-refractivity contribution in [2.24, 2.45) is 0 Å². The molecule has 0 radical (unpaired) electrons. The molecule has 2 atom stereocenters. The Morgan fingerprint density at radius 2 is 1.52 bits per heavy atom. The molecule has 25 heavy (non-hydrogen) atoms. The zero-order valence-corrected chi connectivity index (χ0v) is 15.9. The van der Waals surface area contributed by atoms with Crippen molar-refractivity contribution in [3.8, 4) is 0 Å². The van der Waals surface area contributed by atoms with Gasteiger partial charge in [0.1, 0.15) is 0 Å². The third kappa shape index (κ3) is 4.22. The highest BCUT2D eigenvalue weighted by Crippen LogP contribution is 2.25. The van der Waals surface area contributed by atoms with Gasteiger partial charge in [0, 0.05) is 6.04 Å². The summed E-state index contributed by atoms with van der Waals surface area (Å²) in [5.74, 6) is -0.519. The number of hydrazine groups is 1. The number of benzene rings is 1. The maximum absolute atomic E-state index is 13.0. The van der Waals surface area contributed by atoms with Gasteiger partial charge in [-0.1, -0.05) is 18.2 Å². The highest BCUT2D eigenvalue weighted by Gasteiger charge is 2.41. The number of rotatable bonds is 5. The number of hydrogen-bond acceptors (Lipinski definition) is 7. The first-order valence-electron chi connectivity index (χ1n) is 7.86. The average molecular weight is 409 g/mol. The van der Waals surface area contributed by atoms with Crippen molar-refractivity contribution in [1.82, 2.24) is 9.84 Å². The zero-order valence-electron chi connectivity index (χ0n) is 13.4. The molecule has 11 heteroatoms. The first-order chi connectivity index (χ1) is 11.6. The molecule has 2 aliphatic heterocycles. The molecule has 0 aliphatic carbocycles. The zero-order chi connectivity index (χ0) is 18.3. The summed E-state index contributed by atoms with van der Waals surface area (Å²) < 4.78 is 73.9. The Labute approximate surface area is 148 Å². The van der Waals surface area contributed by atoms with Gasteiger partial charge in [0.15, 0.2) is 19.7 Å². The molecular formula is C14H20N2O6S3. The second-order valence-corrected chi connectivity index (χ2v) is 12.7. The van der Waals surface area contributed by atoms with Crippen molar-refractivity contribution in [3.05, 3.63) is 30.3 Å². The van der Waals surface area contributed by atoms with Crippen LogP contribution in [0.3, 0.4) is 0 Å². The average Bonchev–Trinajstić information content (AvgIpc) is 3.07. The van der Waals surface area contributed by atoms with Crippen molar-refractivity contribution >= 4 is 29.7 Å². The maximum Gasteiger partial charge on any atom is 0.256 e. The molecule has 1 N–H and O–H groups in total. The standard InChI is InChI=1S/C14H20N2O6S3/c17-23(18)8-6-12(10-23)15-16(13-7-9-24(19,20)11-13)25(21,22)14-4-2-1-3-5-14/h1-5,12-13,15H,6-11H2/t12-,13+/m0/s1. The van der Waals surface area contributed by atoms with E-state index < -0.39 is 41.8 Å². The fourth-order valence-electron chi connectivity index (χ4n) is 3.11. The van der Waals surface area contributed by atoms with Crippen molar-refractivity contribution in [2.75, 3.05) is 23.0 Å². The number of nitrogens with zero attached hydrogens (tertiary/aromatic N) is 1. The van der Waals surface area contributed by atoms with Crippen LogP contribution >= 0.6 is 0 Å². The molecule has 0 saturated carbocycles. The van der Waals surface area contributed by atoms with Gasteiger partial charge in [-0.15, -0.1) is 4.41 Å². The van der Waals surface area contributed by atoms with Crippen LogP contribution in [0, 0.1) is 0 Å². The van der Waals surface area contributed by atoms with Crippen LogP contribution in [-0.4, -0.2) is 64.8 Å². The van der Waals surface area contributed by atoms with E-state index in [-0.39, 0.29) is 34.3 Å². The summed E-state index contributed by atoms with van der Waals surface area (Å²) in [6.45, 7) is 0. The molecule has 140 valence electrons. The van der Waals surface area contributed by atoms with E-state index in [1.54, 1.807) is 18.2 Å². The molecule has 8 nitrogen and oxygen atoms in total. The molecule has 1 aromatic carbocycles. The molecule has 2 heterocycles. The lowest BCUT2D eigenvalue weighted by molar-refractivity contribution is 0.229. The predicted molar refractivity (Wildman–Crippen MR) is 92.7 cm³/mol. The monoisotopic (exact) mass is 408 g/mol. The second-order valence-electron chi connectivity index (χ2n) is 6.40. The van der Waals surface area contributed by atoms with Crippen LogP contribution in [0.2, 0.25) is 0 Å². The molecule has 0 aromatic heterocycles. The highest BCUT2D eigenvalue weighted by atomic mass is 32.2. The van der Waals surface area contributed by atoms with E-state index in [0.717, 1.165) is 4.41 Å². The Hall–Kier alpha value is -1.01. The van der Waals surface area contributed by atoms with Gasteiger partial charge < -0.3 is 0 Å². The quantitative estimate of drug-likeness (QED) is 0.656. The van der Waals surface area contributed by atoms with Gasteiger partial charge in [-0.05, 0) is 25.0 Å². The smallest absolute Gasteiger partial charge is 0.237 e. The van der Waals surface area contributed by atoms with E-state index in [9.17, 15) is 25.3 Å². The van der Waals surface area contributed by atoms with Crippen LogP contribution in [0.4, 0.5) is 0 Å². The normalized spacial score (nSPS) is 28.4. The molecule has 3 rings (SSSR count). The molecule has 0 amide bonds. The van der Waals surface area contributed by atoms with E-state index in [1.807, 2.05) is 0 Å². The number of sulfone groups is 2. The Morgan fingerprint density at radius 1 is 0.920 bits per heavy atom. The molecule has 2 fully saturated rings. The van der Waals surface area contributed by atoms with E-state index in [2.05, 4.69) is 5.43 Å². The summed E-state index contributed by atoms with van der Waals surface area (Å²) in [7, 11) is -10.5. The molecule has 1 aromatic rings. The molecule has 0 bridgehead atoms. The van der Waals surface area contributed by atoms with Gasteiger partial charge in [0.2, 0.25) is 0 Å². The number of sulfonamides is 1. The second kappa shape index (κ2) is 6.62. The first kappa shape index (κ1) is 18.8. The lowest BCUT2D eigenvalue weighted by Gasteiger charge is -2.30. The molecule has 0 spiro atoms. The third-order valence-electron chi connectivity index (χ3n) is 4.38. The van der Waals surface area contributed by atoms with Crippen LogP contribution in [-0.2, 0) is 29.7 Å². The van der Waals surface area contributed by atoms with Crippen molar-refractivity contribution in [3.63, 3.8) is 0 Å². The Balaban J connectivity index is 1.92. The van der Waals surface area contributed by atoms with Crippen LogP contribution < -0.4 is 5.43 Å². The lowest BCUT2D eigenvalue weighted by Crippen LogP contribution is -2.54. The topological polar surface area (TPSA) is 118 Å². The summed E-state index contributed by atoms with van der Waals surface area (Å²) in [5, 5.41) is 0.